The molecule has 2 aromatic heterocycles. The van der Waals surface area contributed by atoms with Crippen molar-refractivity contribution in [3.05, 3.63) is 59.3 Å². The van der Waals surface area contributed by atoms with E-state index in [0.29, 0.717) is 22.9 Å². The van der Waals surface area contributed by atoms with Gasteiger partial charge in [0.05, 0.1) is 0 Å². The van der Waals surface area contributed by atoms with Crippen LogP contribution in [0.3, 0.4) is 0 Å². The van der Waals surface area contributed by atoms with Gasteiger partial charge in [0.2, 0.25) is 0 Å². The minimum absolute atomic E-state index is 0.181. The molecule has 122 valence electrons. The first-order valence-electron chi connectivity index (χ1n) is 7.10. The van der Waals surface area contributed by atoms with E-state index in [1.807, 2.05) is 0 Å². The molecule has 3 aromatic rings. The molecule has 24 heavy (non-hydrogen) atoms. The largest absolute Gasteiger partial charge is 0.361 e. The van der Waals surface area contributed by atoms with Crippen LogP contribution in [0.15, 0.2) is 45.4 Å². The molecular formula is C16H14N4O4. The van der Waals surface area contributed by atoms with Crippen LogP contribution < -0.4 is 10.6 Å². The maximum absolute atomic E-state index is 12.0. The van der Waals surface area contributed by atoms with Gasteiger partial charge < -0.3 is 19.7 Å². The summed E-state index contributed by atoms with van der Waals surface area (Å²) in [6.45, 7) is 3.40. The van der Waals surface area contributed by atoms with Crippen molar-refractivity contribution >= 4 is 23.2 Å². The standard InChI is InChI=1S/C16H14N4O4/c1-9-6-13(19-23-9)15(21)17-11-4-3-5-12(8-11)18-16(22)14-7-10(2)24-20-14/h3-8H,1-2H3,(H,17,21)(H,18,22). The number of nitrogens with zero attached hydrogens (tertiary/aromatic N) is 2. The van der Waals surface area contributed by atoms with Crippen LogP contribution in [0.4, 0.5) is 11.4 Å². The zero-order chi connectivity index (χ0) is 17.1. The Bertz CT molecular complexity index is 827. The van der Waals surface area contributed by atoms with E-state index in [-0.39, 0.29) is 11.4 Å². The number of carbonyl (C=O) groups excluding carboxylic acids is 2. The van der Waals surface area contributed by atoms with E-state index < -0.39 is 11.8 Å². The molecule has 2 N–H and O–H groups in total. The first kappa shape index (κ1) is 15.5. The minimum atomic E-state index is -0.401. The van der Waals surface area contributed by atoms with E-state index in [4.69, 9.17) is 9.05 Å². The Morgan fingerprint density at radius 2 is 1.29 bits per heavy atom. The van der Waals surface area contributed by atoms with E-state index in [0.717, 1.165) is 0 Å². The summed E-state index contributed by atoms with van der Waals surface area (Å²) in [7, 11) is 0. The Hall–Kier alpha value is -3.42. The number of amides is 2. The van der Waals surface area contributed by atoms with Crippen LogP contribution >= 0.6 is 0 Å². The van der Waals surface area contributed by atoms with Crippen molar-refractivity contribution in [3.8, 4) is 0 Å². The summed E-state index contributed by atoms with van der Waals surface area (Å²) in [5.41, 5.74) is 1.38. The third kappa shape index (κ3) is 3.49. The van der Waals surface area contributed by atoms with E-state index >= 15 is 0 Å². The van der Waals surface area contributed by atoms with Crippen LogP contribution in [-0.4, -0.2) is 22.1 Å². The van der Waals surface area contributed by atoms with Gasteiger partial charge >= 0.3 is 0 Å². The van der Waals surface area contributed by atoms with Gasteiger partial charge in [0.1, 0.15) is 11.5 Å². The Morgan fingerprint density at radius 3 is 1.67 bits per heavy atom. The molecule has 0 saturated carbocycles. The molecule has 0 aliphatic heterocycles. The molecule has 8 heteroatoms. The van der Waals surface area contributed by atoms with Gasteiger partial charge in [-0.1, -0.05) is 16.4 Å². The summed E-state index contributed by atoms with van der Waals surface area (Å²) < 4.78 is 9.73. The third-order valence-electron chi connectivity index (χ3n) is 3.10. The Balaban J connectivity index is 1.70. The molecule has 0 spiro atoms. The second-order valence-corrected chi connectivity index (χ2v) is 5.13. The van der Waals surface area contributed by atoms with E-state index in [9.17, 15) is 9.59 Å². The van der Waals surface area contributed by atoms with Crippen LogP contribution in [0, 0.1) is 13.8 Å². The van der Waals surface area contributed by atoms with Gasteiger partial charge in [0, 0.05) is 23.5 Å². The molecule has 0 saturated heterocycles. The predicted molar refractivity (Wildman–Crippen MR) is 84.8 cm³/mol. The number of hydrogen-bond acceptors (Lipinski definition) is 6. The fraction of sp³-hybridized carbons (Fsp3) is 0.125. The molecule has 2 amide bonds. The fourth-order valence-corrected chi connectivity index (χ4v) is 2.01. The van der Waals surface area contributed by atoms with Gasteiger partial charge in [-0.2, -0.15) is 0 Å². The Kier molecular flexibility index (Phi) is 4.11. The average molecular weight is 326 g/mol. The third-order valence-corrected chi connectivity index (χ3v) is 3.10. The lowest BCUT2D eigenvalue weighted by Gasteiger charge is -2.07. The number of aromatic nitrogens is 2. The van der Waals surface area contributed by atoms with Gasteiger partial charge in [0.15, 0.2) is 11.4 Å². The maximum Gasteiger partial charge on any atom is 0.277 e. The monoisotopic (exact) mass is 326 g/mol. The topological polar surface area (TPSA) is 110 Å². The molecular weight excluding hydrogens is 312 g/mol. The number of anilines is 2. The summed E-state index contributed by atoms with van der Waals surface area (Å²) in [6, 6.07) is 9.78. The van der Waals surface area contributed by atoms with Gasteiger partial charge in [-0.15, -0.1) is 0 Å². The lowest BCUT2D eigenvalue weighted by Crippen LogP contribution is -2.14. The first-order chi connectivity index (χ1) is 11.5. The number of benzene rings is 1. The van der Waals surface area contributed by atoms with E-state index in [1.54, 1.807) is 38.1 Å². The van der Waals surface area contributed by atoms with Gasteiger partial charge in [-0.05, 0) is 32.0 Å². The maximum atomic E-state index is 12.0. The average Bonchev–Trinajstić information content (AvgIpc) is 3.16. The highest BCUT2D eigenvalue weighted by Crippen LogP contribution is 2.17. The molecule has 0 atom stereocenters. The quantitative estimate of drug-likeness (QED) is 0.763. The normalized spacial score (nSPS) is 10.4. The smallest absolute Gasteiger partial charge is 0.277 e. The van der Waals surface area contributed by atoms with E-state index in [1.165, 1.54) is 12.1 Å². The zero-order valence-electron chi connectivity index (χ0n) is 13.0. The summed E-state index contributed by atoms with van der Waals surface area (Å²) in [5, 5.41) is 12.7. The molecule has 0 aliphatic rings. The van der Waals surface area contributed by atoms with Crippen molar-refractivity contribution in [2.75, 3.05) is 10.6 Å². The molecule has 8 nitrogen and oxygen atoms in total. The summed E-state index contributed by atoms with van der Waals surface area (Å²) >= 11 is 0. The molecule has 0 unspecified atom stereocenters. The van der Waals surface area contributed by atoms with Crippen molar-refractivity contribution in [3.63, 3.8) is 0 Å². The number of nitrogens with one attached hydrogen (secondary N) is 2. The Morgan fingerprint density at radius 1 is 0.833 bits per heavy atom. The summed E-state index contributed by atoms with van der Waals surface area (Å²) in [6.07, 6.45) is 0. The molecule has 3 rings (SSSR count). The second-order valence-electron chi connectivity index (χ2n) is 5.13. The SMILES string of the molecule is Cc1cc(C(=O)Nc2cccc(NC(=O)c3cc(C)on3)c2)no1. The molecule has 0 bridgehead atoms. The zero-order valence-corrected chi connectivity index (χ0v) is 13.0. The highest BCUT2D eigenvalue weighted by Gasteiger charge is 2.13. The van der Waals surface area contributed by atoms with Crippen LogP contribution in [0.2, 0.25) is 0 Å². The minimum Gasteiger partial charge on any atom is -0.361 e. The molecule has 0 aliphatic carbocycles. The predicted octanol–water partition coefficient (Wildman–Crippen LogP) is 2.78. The molecule has 2 heterocycles. The highest BCUT2D eigenvalue weighted by molar-refractivity contribution is 6.05. The molecule has 0 radical (unpaired) electrons. The fourth-order valence-electron chi connectivity index (χ4n) is 2.01. The molecule has 1 aromatic carbocycles. The van der Waals surface area contributed by atoms with E-state index in [2.05, 4.69) is 20.9 Å². The number of hydrogen-bond donors (Lipinski definition) is 2. The summed E-state index contributed by atoms with van der Waals surface area (Å²) in [5.74, 6) is 0.290. The number of aryl methyl sites for hydroxylation is 2. The highest BCUT2D eigenvalue weighted by atomic mass is 16.5. The summed E-state index contributed by atoms with van der Waals surface area (Å²) in [4.78, 5) is 24.1. The van der Waals surface area contributed by atoms with Crippen molar-refractivity contribution in [1.29, 1.82) is 0 Å². The van der Waals surface area contributed by atoms with Crippen LogP contribution in [-0.2, 0) is 0 Å². The lowest BCUT2D eigenvalue weighted by molar-refractivity contribution is 0.101. The number of carbonyl (C=O) groups is 2. The van der Waals surface area contributed by atoms with Crippen molar-refractivity contribution in [1.82, 2.24) is 10.3 Å². The first-order valence-corrected chi connectivity index (χ1v) is 7.10. The van der Waals surface area contributed by atoms with Gasteiger partial charge in [0.25, 0.3) is 11.8 Å². The van der Waals surface area contributed by atoms with Crippen LogP contribution in [0.25, 0.3) is 0 Å². The van der Waals surface area contributed by atoms with Crippen molar-refractivity contribution in [2.24, 2.45) is 0 Å². The van der Waals surface area contributed by atoms with Gasteiger partial charge in [-0.3, -0.25) is 9.59 Å². The van der Waals surface area contributed by atoms with Crippen molar-refractivity contribution < 1.29 is 18.6 Å². The Labute approximate surface area is 136 Å². The second kappa shape index (κ2) is 6.37. The van der Waals surface area contributed by atoms with Crippen LogP contribution in [0.5, 0.6) is 0 Å². The number of rotatable bonds is 4. The van der Waals surface area contributed by atoms with Gasteiger partial charge in [-0.25, -0.2) is 0 Å². The van der Waals surface area contributed by atoms with Crippen LogP contribution in [0.1, 0.15) is 32.5 Å². The molecule has 0 fully saturated rings. The van der Waals surface area contributed by atoms with Crippen molar-refractivity contribution in [2.45, 2.75) is 13.8 Å². The lowest BCUT2D eigenvalue weighted by atomic mass is 10.2.